The summed E-state index contributed by atoms with van der Waals surface area (Å²) in [7, 11) is 0. The summed E-state index contributed by atoms with van der Waals surface area (Å²) in [6.07, 6.45) is 0.854. The van der Waals surface area contributed by atoms with Gasteiger partial charge in [-0.3, -0.25) is 4.79 Å². The van der Waals surface area contributed by atoms with Crippen molar-refractivity contribution in [1.29, 1.82) is 0 Å². The molecule has 1 unspecified atom stereocenters. The molecular formula is C12H12O. The summed E-state index contributed by atoms with van der Waals surface area (Å²) in [5.74, 6) is 0.264. The van der Waals surface area contributed by atoms with Crippen LogP contribution in [0.3, 0.4) is 0 Å². The molecule has 0 saturated heterocycles. The first kappa shape index (κ1) is 8.24. The Kier molecular flexibility index (Phi) is 1.80. The Morgan fingerprint density at radius 2 is 1.92 bits per heavy atom. The van der Waals surface area contributed by atoms with Gasteiger partial charge in [0.2, 0.25) is 0 Å². The number of rotatable bonds is 1. The summed E-state index contributed by atoms with van der Waals surface area (Å²) in [6.45, 7) is 6.00. The molecule has 0 spiro atoms. The maximum atomic E-state index is 11.8. The molecule has 66 valence electrons. The van der Waals surface area contributed by atoms with Crippen LogP contribution in [0.1, 0.15) is 29.3 Å². The Balaban J connectivity index is 2.57. The minimum Gasteiger partial charge on any atom is -0.293 e. The smallest absolute Gasteiger partial charge is 0.170 e. The largest absolute Gasteiger partial charge is 0.293 e. The summed E-state index contributed by atoms with van der Waals surface area (Å²) >= 11 is 0. The molecule has 1 aliphatic carbocycles. The number of Topliss-reactive ketones (excluding diaryl/α,β-unsaturated/α-hetero) is 1. The lowest BCUT2D eigenvalue weighted by Gasteiger charge is -2.04. The maximum absolute atomic E-state index is 11.8. The predicted octanol–water partition coefficient (Wildman–Crippen LogP) is 2.92. The van der Waals surface area contributed by atoms with Crippen LogP contribution in [0.4, 0.5) is 0 Å². The van der Waals surface area contributed by atoms with E-state index in [9.17, 15) is 4.79 Å². The summed E-state index contributed by atoms with van der Waals surface area (Å²) < 4.78 is 0. The second-order valence-electron chi connectivity index (χ2n) is 3.40. The van der Waals surface area contributed by atoms with Gasteiger partial charge in [0.15, 0.2) is 5.78 Å². The van der Waals surface area contributed by atoms with Crippen molar-refractivity contribution in [1.82, 2.24) is 0 Å². The van der Waals surface area contributed by atoms with E-state index in [1.54, 1.807) is 0 Å². The summed E-state index contributed by atoms with van der Waals surface area (Å²) in [5, 5.41) is 0. The second-order valence-corrected chi connectivity index (χ2v) is 3.40. The van der Waals surface area contributed by atoms with Crippen LogP contribution >= 0.6 is 0 Å². The first-order valence-corrected chi connectivity index (χ1v) is 4.58. The third-order valence-corrected chi connectivity index (χ3v) is 2.68. The Hall–Kier alpha value is -1.37. The zero-order valence-electron chi connectivity index (χ0n) is 7.71. The normalized spacial score (nSPS) is 20.5. The van der Waals surface area contributed by atoms with Gasteiger partial charge in [0.25, 0.3) is 0 Å². The van der Waals surface area contributed by atoms with E-state index in [0.717, 1.165) is 23.1 Å². The molecule has 1 nitrogen and oxygen atoms in total. The van der Waals surface area contributed by atoms with Crippen molar-refractivity contribution in [3.05, 3.63) is 42.0 Å². The first-order chi connectivity index (χ1) is 6.25. The highest BCUT2D eigenvalue weighted by Crippen LogP contribution is 2.37. The van der Waals surface area contributed by atoms with E-state index in [1.807, 2.05) is 31.2 Å². The van der Waals surface area contributed by atoms with Crippen LogP contribution in [0.5, 0.6) is 0 Å². The van der Waals surface area contributed by atoms with Gasteiger partial charge in [-0.2, -0.15) is 0 Å². The van der Waals surface area contributed by atoms with Crippen LogP contribution in [-0.4, -0.2) is 5.78 Å². The molecule has 2 rings (SSSR count). The fourth-order valence-electron chi connectivity index (χ4n) is 1.94. The monoisotopic (exact) mass is 172 g/mol. The molecule has 0 heterocycles. The van der Waals surface area contributed by atoms with E-state index in [0.29, 0.717) is 0 Å². The standard InChI is InChI=1S/C12H12O/c1-3-9-8(2)10-6-4-5-7-11(10)12(9)13/h4-7,9H,2-3H2,1H3. The topological polar surface area (TPSA) is 17.1 Å². The van der Waals surface area contributed by atoms with Gasteiger partial charge in [-0.15, -0.1) is 0 Å². The van der Waals surface area contributed by atoms with Crippen LogP contribution < -0.4 is 0 Å². The Morgan fingerprint density at radius 3 is 2.46 bits per heavy atom. The number of hydrogen-bond acceptors (Lipinski definition) is 1. The molecule has 13 heavy (non-hydrogen) atoms. The van der Waals surface area contributed by atoms with Gasteiger partial charge in [-0.25, -0.2) is 0 Å². The van der Waals surface area contributed by atoms with Crippen LogP contribution in [-0.2, 0) is 0 Å². The van der Waals surface area contributed by atoms with Crippen LogP contribution in [0.25, 0.3) is 5.57 Å². The third-order valence-electron chi connectivity index (χ3n) is 2.68. The van der Waals surface area contributed by atoms with Crippen molar-refractivity contribution >= 4 is 11.4 Å². The molecule has 0 amide bonds. The lowest BCUT2D eigenvalue weighted by Crippen LogP contribution is -2.05. The molecule has 1 aromatic carbocycles. The van der Waals surface area contributed by atoms with E-state index in [2.05, 4.69) is 6.58 Å². The number of carbonyl (C=O) groups excluding carboxylic acids is 1. The number of carbonyl (C=O) groups is 1. The molecular weight excluding hydrogens is 160 g/mol. The van der Waals surface area contributed by atoms with Crippen molar-refractivity contribution < 1.29 is 4.79 Å². The number of allylic oxidation sites excluding steroid dienone is 1. The van der Waals surface area contributed by atoms with Crippen molar-refractivity contribution in [3.63, 3.8) is 0 Å². The molecule has 0 aromatic heterocycles. The average Bonchev–Trinajstić information content (AvgIpc) is 2.41. The Labute approximate surface area is 78.1 Å². The Morgan fingerprint density at radius 1 is 1.31 bits per heavy atom. The van der Waals surface area contributed by atoms with Crippen molar-refractivity contribution in [2.24, 2.45) is 5.92 Å². The number of hydrogen-bond donors (Lipinski definition) is 0. The lowest BCUT2D eigenvalue weighted by molar-refractivity contribution is 0.0956. The minimum absolute atomic E-state index is 0.0254. The second kappa shape index (κ2) is 2.84. The molecule has 0 aliphatic heterocycles. The summed E-state index contributed by atoms with van der Waals surface area (Å²) in [4.78, 5) is 11.8. The predicted molar refractivity (Wildman–Crippen MR) is 53.6 cm³/mol. The molecule has 0 bridgehead atoms. The van der Waals surface area contributed by atoms with Crippen LogP contribution in [0.15, 0.2) is 30.8 Å². The molecule has 0 radical (unpaired) electrons. The van der Waals surface area contributed by atoms with Gasteiger partial charge in [0.1, 0.15) is 0 Å². The van der Waals surface area contributed by atoms with E-state index < -0.39 is 0 Å². The molecule has 1 heteroatoms. The first-order valence-electron chi connectivity index (χ1n) is 4.58. The molecule has 1 atom stereocenters. The van der Waals surface area contributed by atoms with Crippen molar-refractivity contribution in [3.8, 4) is 0 Å². The van der Waals surface area contributed by atoms with Crippen molar-refractivity contribution in [2.45, 2.75) is 13.3 Å². The SMILES string of the molecule is C=C1c2ccccc2C(=O)C1CC. The summed E-state index contributed by atoms with van der Waals surface area (Å²) in [5.41, 5.74) is 2.88. The van der Waals surface area contributed by atoms with Gasteiger partial charge < -0.3 is 0 Å². The highest BCUT2D eigenvalue weighted by Gasteiger charge is 2.31. The third kappa shape index (κ3) is 1.04. The van der Waals surface area contributed by atoms with Crippen LogP contribution in [0.2, 0.25) is 0 Å². The lowest BCUT2D eigenvalue weighted by atomic mass is 9.98. The number of fused-ring (bicyclic) bond motifs is 1. The molecule has 1 aromatic rings. The molecule has 0 saturated carbocycles. The van der Waals surface area contributed by atoms with Gasteiger partial charge >= 0.3 is 0 Å². The van der Waals surface area contributed by atoms with Gasteiger partial charge in [-0.1, -0.05) is 37.8 Å². The summed E-state index contributed by atoms with van der Waals surface area (Å²) in [6, 6.07) is 7.72. The fourth-order valence-corrected chi connectivity index (χ4v) is 1.94. The number of benzene rings is 1. The van der Waals surface area contributed by atoms with E-state index in [-0.39, 0.29) is 11.7 Å². The fraction of sp³-hybridized carbons (Fsp3) is 0.250. The van der Waals surface area contributed by atoms with E-state index >= 15 is 0 Å². The molecule has 1 aliphatic rings. The van der Waals surface area contributed by atoms with Gasteiger partial charge in [-0.05, 0) is 17.6 Å². The zero-order chi connectivity index (χ0) is 9.42. The number of ketones is 1. The highest BCUT2D eigenvalue weighted by atomic mass is 16.1. The van der Waals surface area contributed by atoms with Crippen LogP contribution in [0, 0.1) is 5.92 Å². The minimum atomic E-state index is 0.0254. The highest BCUT2D eigenvalue weighted by molar-refractivity contribution is 6.13. The quantitative estimate of drug-likeness (QED) is 0.636. The Bertz CT molecular complexity index is 341. The average molecular weight is 172 g/mol. The van der Waals surface area contributed by atoms with E-state index in [1.165, 1.54) is 0 Å². The van der Waals surface area contributed by atoms with Gasteiger partial charge in [0.05, 0.1) is 0 Å². The maximum Gasteiger partial charge on any atom is 0.170 e. The molecule has 0 N–H and O–H groups in total. The van der Waals surface area contributed by atoms with E-state index in [4.69, 9.17) is 0 Å². The molecule has 0 fully saturated rings. The van der Waals surface area contributed by atoms with Crippen molar-refractivity contribution in [2.75, 3.05) is 0 Å². The zero-order valence-corrected chi connectivity index (χ0v) is 7.71. The van der Waals surface area contributed by atoms with Gasteiger partial charge in [0, 0.05) is 11.5 Å².